The summed E-state index contributed by atoms with van der Waals surface area (Å²) >= 11 is 0. The van der Waals surface area contributed by atoms with E-state index in [1.807, 2.05) is 0 Å². The zero-order valence-electron chi connectivity index (χ0n) is 9.51. The summed E-state index contributed by atoms with van der Waals surface area (Å²) in [7, 11) is 0. The number of nitrogens with one attached hydrogen (secondary N) is 1. The van der Waals surface area contributed by atoms with E-state index in [1.165, 1.54) is 24.1 Å². The Morgan fingerprint density at radius 2 is 1.79 bits per heavy atom. The van der Waals surface area contributed by atoms with Crippen molar-refractivity contribution in [3.63, 3.8) is 0 Å². The Kier molecular flexibility index (Phi) is 4.51. The topological polar surface area (TPSA) is 12.0 Å². The number of anilines is 1. The maximum absolute atomic E-state index is 3.43. The van der Waals surface area contributed by atoms with Crippen molar-refractivity contribution in [1.82, 2.24) is 0 Å². The lowest BCUT2D eigenvalue weighted by Gasteiger charge is -2.07. The van der Waals surface area contributed by atoms with Gasteiger partial charge in [0.1, 0.15) is 0 Å². The van der Waals surface area contributed by atoms with Crippen LogP contribution in [-0.4, -0.2) is 6.54 Å². The molecule has 0 bridgehead atoms. The molecule has 0 aliphatic carbocycles. The first kappa shape index (κ1) is 11.1. The van der Waals surface area contributed by atoms with Gasteiger partial charge >= 0.3 is 0 Å². The molecular weight excluding hydrogens is 170 g/mol. The van der Waals surface area contributed by atoms with Crippen LogP contribution in [-0.2, 0) is 0 Å². The van der Waals surface area contributed by atoms with Crippen LogP contribution in [0.5, 0.6) is 0 Å². The van der Waals surface area contributed by atoms with Crippen LogP contribution in [0.1, 0.15) is 32.3 Å². The zero-order valence-corrected chi connectivity index (χ0v) is 9.51. The van der Waals surface area contributed by atoms with Crippen molar-refractivity contribution in [2.45, 2.75) is 33.6 Å². The van der Waals surface area contributed by atoms with Crippen molar-refractivity contribution in [2.24, 2.45) is 5.92 Å². The van der Waals surface area contributed by atoms with Crippen molar-refractivity contribution in [2.75, 3.05) is 11.9 Å². The first-order chi connectivity index (χ1) is 6.68. The Morgan fingerprint density at radius 1 is 1.14 bits per heavy atom. The van der Waals surface area contributed by atoms with E-state index in [0.29, 0.717) is 0 Å². The molecule has 0 saturated heterocycles. The van der Waals surface area contributed by atoms with Gasteiger partial charge in [-0.2, -0.15) is 0 Å². The number of aryl methyl sites for hydroxylation is 1. The standard InChI is InChI=1S/C13H21N/c1-11(2)5-4-10-14-13-8-6-12(3)7-9-13/h6-9,11,14H,4-5,10H2,1-3H3. The molecule has 1 heteroatoms. The smallest absolute Gasteiger partial charge is 0.0340 e. The highest BCUT2D eigenvalue weighted by molar-refractivity contribution is 5.44. The van der Waals surface area contributed by atoms with Gasteiger partial charge in [0.05, 0.1) is 0 Å². The van der Waals surface area contributed by atoms with Crippen LogP contribution >= 0.6 is 0 Å². The first-order valence-electron chi connectivity index (χ1n) is 5.49. The van der Waals surface area contributed by atoms with Crippen LogP contribution in [0.25, 0.3) is 0 Å². The predicted octanol–water partition coefficient (Wildman–Crippen LogP) is 3.84. The van der Waals surface area contributed by atoms with Gasteiger partial charge in [0.2, 0.25) is 0 Å². The van der Waals surface area contributed by atoms with E-state index >= 15 is 0 Å². The average molecular weight is 191 g/mol. The SMILES string of the molecule is Cc1ccc(NCCCC(C)C)cc1. The Hall–Kier alpha value is -0.980. The molecule has 1 aromatic carbocycles. The third kappa shape index (κ3) is 4.31. The molecule has 1 rings (SSSR count). The van der Waals surface area contributed by atoms with E-state index < -0.39 is 0 Å². The van der Waals surface area contributed by atoms with Gasteiger partial charge in [-0.15, -0.1) is 0 Å². The molecule has 0 heterocycles. The molecule has 1 nitrogen and oxygen atoms in total. The van der Waals surface area contributed by atoms with E-state index in [-0.39, 0.29) is 0 Å². The van der Waals surface area contributed by atoms with Gasteiger partial charge in [-0.25, -0.2) is 0 Å². The maximum atomic E-state index is 3.43. The van der Waals surface area contributed by atoms with E-state index in [0.717, 1.165) is 12.5 Å². The van der Waals surface area contributed by atoms with Crippen molar-refractivity contribution < 1.29 is 0 Å². The normalized spacial score (nSPS) is 10.6. The van der Waals surface area contributed by atoms with Crippen LogP contribution in [0.3, 0.4) is 0 Å². The molecule has 0 amide bonds. The molecule has 14 heavy (non-hydrogen) atoms. The fourth-order valence-corrected chi connectivity index (χ4v) is 1.41. The van der Waals surface area contributed by atoms with Crippen LogP contribution in [0.4, 0.5) is 5.69 Å². The van der Waals surface area contributed by atoms with Crippen LogP contribution in [0.15, 0.2) is 24.3 Å². The average Bonchev–Trinajstić information content (AvgIpc) is 2.15. The lowest BCUT2D eigenvalue weighted by molar-refractivity contribution is 0.567. The highest BCUT2D eigenvalue weighted by atomic mass is 14.9. The first-order valence-corrected chi connectivity index (χ1v) is 5.49. The summed E-state index contributed by atoms with van der Waals surface area (Å²) < 4.78 is 0. The summed E-state index contributed by atoms with van der Waals surface area (Å²) in [6.07, 6.45) is 2.56. The number of hydrogen-bond donors (Lipinski definition) is 1. The molecule has 0 spiro atoms. The molecule has 78 valence electrons. The number of rotatable bonds is 5. The minimum absolute atomic E-state index is 0.815. The molecule has 0 saturated carbocycles. The Morgan fingerprint density at radius 3 is 2.36 bits per heavy atom. The van der Waals surface area contributed by atoms with Crippen LogP contribution < -0.4 is 5.32 Å². The zero-order chi connectivity index (χ0) is 10.4. The van der Waals surface area contributed by atoms with Gasteiger partial charge < -0.3 is 5.32 Å². The summed E-state index contributed by atoms with van der Waals surface area (Å²) in [5.41, 5.74) is 2.55. The third-order valence-corrected chi connectivity index (χ3v) is 2.34. The lowest BCUT2D eigenvalue weighted by Crippen LogP contribution is -2.02. The molecule has 0 aliphatic rings. The van der Waals surface area contributed by atoms with Crippen LogP contribution in [0, 0.1) is 12.8 Å². The summed E-state index contributed by atoms with van der Waals surface area (Å²) in [5, 5.41) is 3.43. The van der Waals surface area contributed by atoms with Gasteiger partial charge in [-0.3, -0.25) is 0 Å². The fourth-order valence-electron chi connectivity index (χ4n) is 1.41. The second-order valence-corrected chi connectivity index (χ2v) is 4.33. The molecular formula is C13H21N. The third-order valence-electron chi connectivity index (χ3n) is 2.34. The lowest BCUT2D eigenvalue weighted by atomic mass is 10.1. The number of hydrogen-bond acceptors (Lipinski definition) is 1. The molecule has 0 aromatic heterocycles. The van der Waals surface area contributed by atoms with E-state index in [1.54, 1.807) is 0 Å². The van der Waals surface area contributed by atoms with Crippen molar-refractivity contribution in [3.05, 3.63) is 29.8 Å². The quantitative estimate of drug-likeness (QED) is 0.697. The Balaban J connectivity index is 2.21. The number of benzene rings is 1. The van der Waals surface area contributed by atoms with Gasteiger partial charge in [0, 0.05) is 12.2 Å². The van der Waals surface area contributed by atoms with Gasteiger partial charge in [0.15, 0.2) is 0 Å². The van der Waals surface area contributed by atoms with Crippen molar-refractivity contribution in [1.29, 1.82) is 0 Å². The molecule has 1 N–H and O–H groups in total. The highest BCUT2D eigenvalue weighted by Gasteiger charge is 1.94. The van der Waals surface area contributed by atoms with E-state index in [4.69, 9.17) is 0 Å². The monoisotopic (exact) mass is 191 g/mol. The van der Waals surface area contributed by atoms with Gasteiger partial charge in [0.25, 0.3) is 0 Å². The van der Waals surface area contributed by atoms with E-state index in [9.17, 15) is 0 Å². The van der Waals surface area contributed by atoms with E-state index in [2.05, 4.69) is 50.4 Å². The van der Waals surface area contributed by atoms with Crippen LogP contribution in [0.2, 0.25) is 0 Å². The summed E-state index contributed by atoms with van der Waals surface area (Å²) in [4.78, 5) is 0. The summed E-state index contributed by atoms with van der Waals surface area (Å²) in [6.45, 7) is 7.74. The molecule has 0 atom stereocenters. The fraction of sp³-hybridized carbons (Fsp3) is 0.538. The molecule has 0 unspecified atom stereocenters. The minimum Gasteiger partial charge on any atom is -0.385 e. The van der Waals surface area contributed by atoms with Gasteiger partial charge in [-0.1, -0.05) is 31.5 Å². The summed E-state index contributed by atoms with van der Waals surface area (Å²) in [6, 6.07) is 8.57. The molecule has 0 fully saturated rings. The largest absolute Gasteiger partial charge is 0.385 e. The summed E-state index contributed by atoms with van der Waals surface area (Å²) in [5.74, 6) is 0.815. The van der Waals surface area contributed by atoms with Crippen molar-refractivity contribution in [3.8, 4) is 0 Å². The van der Waals surface area contributed by atoms with Crippen molar-refractivity contribution >= 4 is 5.69 Å². The minimum atomic E-state index is 0.815. The Bertz CT molecular complexity index is 248. The molecule has 0 aliphatic heterocycles. The molecule has 1 aromatic rings. The second-order valence-electron chi connectivity index (χ2n) is 4.33. The second kappa shape index (κ2) is 5.69. The highest BCUT2D eigenvalue weighted by Crippen LogP contribution is 2.09. The predicted molar refractivity (Wildman–Crippen MR) is 63.7 cm³/mol. The maximum Gasteiger partial charge on any atom is 0.0340 e. The molecule has 0 radical (unpaired) electrons. The van der Waals surface area contributed by atoms with Gasteiger partial charge in [-0.05, 0) is 37.8 Å². The Labute approximate surface area is 87.5 Å².